The van der Waals surface area contributed by atoms with Gasteiger partial charge < -0.3 is 51.3 Å². The summed E-state index contributed by atoms with van der Waals surface area (Å²) < 4.78 is 23.0. The van der Waals surface area contributed by atoms with Crippen LogP contribution < -0.4 is 29.3 Å². The third-order valence-electron chi connectivity index (χ3n) is 22.6. The molecule has 16 aromatic rings. The number of nitrogens with zero attached hydrogens (tertiary/aromatic N) is 15. The van der Waals surface area contributed by atoms with Crippen molar-refractivity contribution in [1.29, 1.82) is 0 Å². The molecule has 2 fully saturated rings. The van der Waals surface area contributed by atoms with Crippen molar-refractivity contribution >= 4 is 151 Å². The molecule has 0 saturated heterocycles. The van der Waals surface area contributed by atoms with Crippen LogP contribution in [0.25, 0.3) is 33.8 Å². The van der Waals surface area contributed by atoms with Crippen LogP contribution >= 0.6 is 91.5 Å². The highest BCUT2D eigenvalue weighted by Gasteiger charge is 2.27. The van der Waals surface area contributed by atoms with E-state index in [1.165, 1.54) is 127 Å². The molecule has 0 aliphatic heterocycles. The van der Waals surface area contributed by atoms with Gasteiger partial charge in [-0.3, -0.25) is 14.8 Å². The first-order chi connectivity index (χ1) is 69.8. The average molecular weight is 2100 g/mol. The smallest absolute Gasteiger partial charge is 0.221 e. The Labute approximate surface area is 872 Å². The average Bonchev–Trinajstić information content (AvgIpc) is 1.63. The minimum Gasteiger partial charge on any atom is -0.508 e. The van der Waals surface area contributed by atoms with E-state index in [9.17, 15) is 55.1 Å². The Hall–Kier alpha value is -14.6. The van der Waals surface area contributed by atoms with E-state index in [1.54, 1.807) is 68.7 Å². The van der Waals surface area contributed by atoms with Crippen molar-refractivity contribution in [2.45, 2.75) is 149 Å². The third kappa shape index (κ3) is 29.2. The van der Waals surface area contributed by atoms with E-state index in [0.717, 1.165) is 142 Å². The van der Waals surface area contributed by atoms with Crippen LogP contribution in [-0.4, -0.2) is 118 Å². The first-order valence-corrected chi connectivity index (χ1v) is 52.0. The summed E-state index contributed by atoms with van der Waals surface area (Å²) in [6.45, 7) is 16.4. The molecule has 5 aromatic heterocycles. The number of hydrogen-bond acceptors (Lipinski definition) is 25. The lowest BCUT2D eigenvalue weighted by Crippen LogP contribution is -2.24. The number of hydrogen-bond donors (Lipinski definition) is 10. The van der Waals surface area contributed by atoms with Crippen molar-refractivity contribution in [3.05, 3.63) is 359 Å². The van der Waals surface area contributed by atoms with Gasteiger partial charge in [0.25, 0.3) is 0 Å². The summed E-state index contributed by atoms with van der Waals surface area (Å²) in [6, 6.07) is 74.4. The Morgan fingerprint density at radius 2 is 0.759 bits per heavy atom. The highest BCUT2D eigenvalue weighted by molar-refractivity contribution is 7.09. The van der Waals surface area contributed by atoms with Crippen LogP contribution in [0.3, 0.4) is 0 Å². The van der Waals surface area contributed by atoms with Crippen LogP contribution in [0.4, 0.5) is 27.1 Å². The van der Waals surface area contributed by atoms with Gasteiger partial charge in [-0.05, 0) is 183 Å². The van der Waals surface area contributed by atoms with Crippen molar-refractivity contribution in [2.75, 3.05) is 5.32 Å². The number of carbonyl (C=O) groups excluding carboxylic acids is 1. The number of halogens is 4. The van der Waals surface area contributed by atoms with Gasteiger partial charge in [0.05, 0.1) is 88.7 Å². The van der Waals surface area contributed by atoms with Crippen molar-refractivity contribution in [3.8, 4) is 85.5 Å². The molecule has 0 spiro atoms. The zero-order valence-corrected chi connectivity index (χ0v) is 86.8. The largest absolute Gasteiger partial charge is 0.508 e. The quantitative estimate of drug-likeness (QED) is 0.0254. The number of anilines is 1. The van der Waals surface area contributed by atoms with Gasteiger partial charge >= 0.3 is 0 Å². The van der Waals surface area contributed by atoms with Gasteiger partial charge in [-0.1, -0.05) is 236 Å². The number of carbonyl (C=O) groups is 1. The van der Waals surface area contributed by atoms with Gasteiger partial charge in [-0.15, -0.1) is 45.3 Å². The van der Waals surface area contributed by atoms with Crippen LogP contribution in [0, 0.1) is 5.82 Å². The highest BCUT2D eigenvalue weighted by atomic mass is 35.5. The number of aromatic hydroxyl groups is 9. The molecule has 10 N–H and O–H groups in total. The Kier molecular flexibility index (Phi) is 36.7. The maximum Gasteiger partial charge on any atom is 0.221 e. The van der Waals surface area contributed by atoms with Crippen LogP contribution in [0.2, 0.25) is 15.1 Å². The number of aromatic nitrogens is 5. The minimum atomic E-state index is -0.645. The molecule has 0 bridgehead atoms. The lowest BCUT2D eigenvalue weighted by atomic mass is 9.91. The second-order valence-electron chi connectivity index (χ2n) is 35.6. The first kappa shape index (κ1) is 106. The zero-order valence-electron chi connectivity index (χ0n) is 80.5. The number of benzene rings is 11. The molecule has 26 nitrogen and oxygen atoms in total. The summed E-state index contributed by atoms with van der Waals surface area (Å²) in [4.78, 5) is 40.3. The van der Waals surface area contributed by atoms with E-state index in [-0.39, 0.29) is 50.9 Å². The molecule has 145 heavy (non-hydrogen) atoms. The second-order valence-corrected chi connectivity index (χ2v) is 41.3. The van der Waals surface area contributed by atoms with Crippen molar-refractivity contribution in [2.24, 2.45) is 50.5 Å². The molecule has 746 valence electrons. The van der Waals surface area contributed by atoms with Crippen LogP contribution in [0.1, 0.15) is 164 Å². The number of rotatable bonds is 20. The number of thiazole rings is 5. The molecule has 11 aromatic carbocycles. The maximum absolute atomic E-state index is 14.1. The molecule has 0 atom stereocenters. The predicted molar refractivity (Wildman–Crippen MR) is 586 cm³/mol. The van der Waals surface area contributed by atoms with E-state index in [2.05, 4.69) is 79.2 Å². The van der Waals surface area contributed by atoms with Gasteiger partial charge in [0.1, 0.15) is 11.6 Å². The standard InChI is InChI=1S/C24H19ClN4OS.C22H16ClN3O3S.C22H16ClN3OS.C22H31N3O3S.C20H26FN3O2S/c1-17(30)27-21-11-7-18(8-12-21)15-26-29-23(19-5-3-2-4-6-19)16-31-24(29)28-22-13-9-20(25)10-14-22;23-16-7-9-17(10-8-16)25-22-26(18(13-30-22)14-4-2-1-3-5-14)24-12-15-6-11-19(27)21(29)20(15)28;23-18-8-10-19(11-9-18)25-22-26(24-14-16-6-12-20(27)13-7-16)21(15-28-22)17-4-2-1-3-5-17;1-5-17-20(22(2,3)4)25(21(29-17)24-15-9-7-6-8-10-15)23-13-14-11-12-16(26)19(28)18(14)27;1-20(2,3)18-12-27-19(23-14-7-5-4-6-8-14)24(18)22-11-13-9-16(25)17(26)10-15(13)21/h2-16H,1H3,(H,27,30);1-13,27-29H;1-15,27H;11-13,15,26-28H,5-10H2,1-4H3;9-12,14,25-26H,4-8H2,1-3H3/b26-15+,28-24?;24-12+,25-22?;24-14+,25-22?;23-13+,24-21?;22-11+,23-19?. The van der Waals surface area contributed by atoms with Crippen LogP contribution in [0.5, 0.6) is 51.7 Å². The zero-order chi connectivity index (χ0) is 103. The normalized spacial score (nSPS) is 13.8. The third-order valence-corrected chi connectivity index (χ3v) is 27.9. The fraction of sp³-hybridized carbons (Fsp3) is 0.209. The lowest BCUT2D eigenvalue weighted by Gasteiger charge is -2.21. The summed E-state index contributed by atoms with van der Waals surface area (Å²) in [5, 5.41) is 123. The van der Waals surface area contributed by atoms with Gasteiger partial charge in [0, 0.05) is 104 Å². The molecule has 0 unspecified atom stereocenters. The van der Waals surface area contributed by atoms with Crippen molar-refractivity contribution in [3.63, 3.8) is 0 Å². The van der Waals surface area contributed by atoms with E-state index in [0.29, 0.717) is 37.5 Å². The summed E-state index contributed by atoms with van der Waals surface area (Å²) in [7, 11) is 0. The summed E-state index contributed by atoms with van der Waals surface area (Å²) in [5.74, 6) is -4.13. The fourth-order valence-electron chi connectivity index (χ4n) is 15.1. The predicted octanol–water partition coefficient (Wildman–Crippen LogP) is 25.9. The number of amides is 1. The Balaban J connectivity index is 0.000000144. The van der Waals surface area contributed by atoms with Gasteiger partial charge in [-0.2, -0.15) is 25.5 Å². The topological polar surface area (TPSA) is 359 Å². The van der Waals surface area contributed by atoms with Gasteiger partial charge in [0.15, 0.2) is 34.5 Å². The second kappa shape index (κ2) is 50.1. The molecule has 1 amide bonds. The molecule has 5 heterocycles. The Morgan fingerprint density at radius 3 is 1.15 bits per heavy atom. The van der Waals surface area contributed by atoms with Gasteiger partial charge in [-0.25, -0.2) is 42.7 Å². The molecule has 2 aliphatic carbocycles. The van der Waals surface area contributed by atoms with E-state index in [4.69, 9.17) is 59.9 Å². The van der Waals surface area contributed by atoms with Crippen molar-refractivity contribution < 1.29 is 55.1 Å². The first-order valence-electron chi connectivity index (χ1n) is 46.6. The monoisotopic (exact) mass is 2100 g/mol. The Morgan fingerprint density at radius 1 is 0.393 bits per heavy atom. The number of phenols is 9. The lowest BCUT2D eigenvalue weighted by molar-refractivity contribution is -0.114. The molecule has 2 aliphatic rings. The van der Waals surface area contributed by atoms with Crippen molar-refractivity contribution in [1.82, 2.24) is 23.4 Å². The Bertz CT molecular complexity index is 7680. The summed E-state index contributed by atoms with van der Waals surface area (Å²) in [5.41, 5.74) is 13.1. The molecular formula is C110H108Cl3FN16O10S5. The summed E-state index contributed by atoms with van der Waals surface area (Å²) >= 11 is 25.6. The molecule has 18 rings (SSSR count). The number of nitrogens with one attached hydrogen (secondary N) is 1. The van der Waals surface area contributed by atoms with Crippen LogP contribution in [-0.2, 0) is 22.0 Å². The maximum atomic E-state index is 14.1. The SMILES string of the molecule is CC(=O)Nc1ccc(/C=N/n2c(-c3ccccc3)csc2=Nc2ccc(Cl)cc2)cc1.CC(C)(C)c1csc(=NC2CCCCC2)n1/N=C/c1cc(O)c(O)cc1F.CCc1sc(=NC2CCCCC2)n(/N=C/c2ccc(O)c(O)c2O)c1C(C)(C)C.Oc1ccc(/C=N/n2c(-c3ccccc3)csc2=Nc2ccc(Cl)cc2)c(O)c1O.Oc1ccc(/C=N/n2c(-c3ccccc3)csc2=Nc2ccc(Cl)cc2)cc1. The highest BCUT2D eigenvalue weighted by Crippen LogP contribution is 2.40. The number of phenolic OH excluding ortho intramolecular Hbond substituents is 9. The van der Waals surface area contributed by atoms with E-state index < -0.39 is 34.6 Å². The molecule has 0 radical (unpaired) electrons. The molecule has 2 saturated carbocycles. The van der Waals surface area contributed by atoms with Crippen LogP contribution in [0.15, 0.2) is 321 Å². The van der Waals surface area contributed by atoms with Gasteiger partial charge in [0.2, 0.25) is 41.4 Å². The minimum absolute atomic E-state index is 0.101. The molecular weight excluding hydrogens is 1990 g/mol. The summed E-state index contributed by atoms with van der Waals surface area (Å²) in [6.07, 6.45) is 20.5. The molecule has 35 heteroatoms. The van der Waals surface area contributed by atoms with E-state index >= 15 is 0 Å². The van der Waals surface area contributed by atoms with E-state index in [1.807, 2.05) is 224 Å². The fourth-order valence-corrected chi connectivity index (χ4v) is 20.5. The number of aryl methyl sites for hydroxylation is 1.